The SMILES string of the molecule is CCOC(=O)C1=C(C)Nc2ccccc2N=C1NC(=O)c1ccc(S(=O)(=O)NC(C)C)cc1. The van der Waals surface area contributed by atoms with Gasteiger partial charge in [-0.2, -0.15) is 0 Å². The maximum atomic E-state index is 13.0. The Kier molecular flexibility index (Phi) is 7.29. The van der Waals surface area contributed by atoms with Crippen LogP contribution in [0.25, 0.3) is 0 Å². The average molecular weight is 471 g/mol. The summed E-state index contributed by atoms with van der Waals surface area (Å²) in [6.45, 7) is 6.97. The minimum Gasteiger partial charge on any atom is -0.462 e. The molecule has 0 bridgehead atoms. The number of fused-ring (bicyclic) bond motifs is 1. The van der Waals surface area contributed by atoms with Gasteiger partial charge in [0.1, 0.15) is 11.4 Å². The summed E-state index contributed by atoms with van der Waals surface area (Å²) in [5, 5.41) is 5.81. The summed E-state index contributed by atoms with van der Waals surface area (Å²) in [5.41, 5.74) is 1.98. The van der Waals surface area contributed by atoms with E-state index < -0.39 is 21.9 Å². The largest absolute Gasteiger partial charge is 0.462 e. The zero-order valence-electron chi connectivity index (χ0n) is 18.8. The van der Waals surface area contributed by atoms with Crippen molar-refractivity contribution in [3.05, 3.63) is 65.4 Å². The van der Waals surface area contributed by atoms with Crippen LogP contribution in [0.3, 0.4) is 0 Å². The van der Waals surface area contributed by atoms with Crippen LogP contribution in [-0.4, -0.2) is 38.8 Å². The third-order valence-corrected chi connectivity index (χ3v) is 6.27. The van der Waals surface area contributed by atoms with Crippen molar-refractivity contribution < 1.29 is 22.7 Å². The molecule has 1 heterocycles. The Bertz CT molecular complexity index is 1230. The molecule has 0 fully saturated rings. The fourth-order valence-corrected chi connectivity index (χ4v) is 4.43. The highest BCUT2D eigenvalue weighted by Crippen LogP contribution is 2.30. The van der Waals surface area contributed by atoms with E-state index in [4.69, 9.17) is 4.74 Å². The summed E-state index contributed by atoms with van der Waals surface area (Å²) in [6.07, 6.45) is 0. The first-order valence-corrected chi connectivity index (χ1v) is 11.9. The van der Waals surface area contributed by atoms with E-state index >= 15 is 0 Å². The molecule has 0 spiro atoms. The number of hydrogen-bond acceptors (Lipinski definition) is 7. The van der Waals surface area contributed by atoms with E-state index in [0.29, 0.717) is 17.1 Å². The van der Waals surface area contributed by atoms with E-state index in [-0.39, 0.29) is 34.5 Å². The molecule has 0 atom stereocenters. The number of anilines is 1. The van der Waals surface area contributed by atoms with Crippen molar-refractivity contribution in [2.24, 2.45) is 4.99 Å². The highest BCUT2D eigenvalue weighted by atomic mass is 32.2. The first-order valence-electron chi connectivity index (χ1n) is 10.4. The Balaban J connectivity index is 1.93. The molecule has 174 valence electrons. The fraction of sp³-hybridized carbons (Fsp3) is 0.261. The second-order valence-electron chi connectivity index (χ2n) is 7.58. The van der Waals surface area contributed by atoms with Gasteiger partial charge in [0.2, 0.25) is 10.0 Å². The molecular weight excluding hydrogens is 444 g/mol. The number of esters is 1. The van der Waals surface area contributed by atoms with E-state index in [0.717, 1.165) is 0 Å². The van der Waals surface area contributed by atoms with Crippen LogP contribution in [0.2, 0.25) is 0 Å². The lowest BCUT2D eigenvalue weighted by atomic mass is 10.1. The van der Waals surface area contributed by atoms with Gasteiger partial charge >= 0.3 is 5.97 Å². The third kappa shape index (κ3) is 5.65. The Morgan fingerprint density at radius 3 is 2.39 bits per heavy atom. The second-order valence-corrected chi connectivity index (χ2v) is 9.29. The highest BCUT2D eigenvalue weighted by Gasteiger charge is 2.26. The van der Waals surface area contributed by atoms with Crippen LogP contribution in [0.4, 0.5) is 11.4 Å². The molecule has 0 aromatic heterocycles. The molecule has 10 heteroatoms. The molecule has 1 aliphatic rings. The highest BCUT2D eigenvalue weighted by molar-refractivity contribution is 7.89. The van der Waals surface area contributed by atoms with E-state index in [1.165, 1.54) is 24.3 Å². The molecule has 9 nitrogen and oxygen atoms in total. The Morgan fingerprint density at radius 1 is 1.09 bits per heavy atom. The third-order valence-electron chi connectivity index (χ3n) is 4.60. The first kappa shape index (κ1) is 24.1. The minimum atomic E-state index is -3.68. The van der Waals surface area contributed by atoms with E-state index in [1.807, 2.05) is 6.07 Å². The normalized spacial score (nSPS) is 13.5. The summed E-state index contributed by atoms with van der Waals surface area (Å²) in [6, 6.07) is 12.4. The van der Waals surface area contributed by atoms with Gasteiger partial charge in [0.25, 0.3) is 5.91 Å². The number of aliphatic imine (C=N–C) groups is 1. The number of benzene rings is 2. The van der Waals surface area contributed by atoms with Crippen LogP contribution < -0.4 is 15.4 Å². The molecule has 3 N–H and O–H groups in total. The van der Waals surface area contributed by atoms with Crippen LogP contribution in [0, 0.1) is 0 Å². The smallest absolute Gasteiger partial charge is 0.343 e. The van der Waals surface area contributed by atoms with Gasteiger partial charge in [0.15, 0.2) is 0 Å². The van der Waals surface area contributed by atoms with Gasteiger partial charge in [-0.15, -0.1) is 0 Å². The maximum Gasteiger partial charge on any atom is 0.343 e. The molecule has 3 rings (SSSR count). The van der Waals surface area contributed by atoms with Gasteiger partial charge in [-0.3, -0.25) is 4.79 Å². The van der Waals surface area contributed by atoms with Crippen LogP contribution in [0.15, 0.2) is 69.7 Å². The summed E-state index contributed by atoms with van der Waals surface area (Å²) < 4.78 is 32.3. The van der Waals surface area contributed by atoms with Gasteiger partial charge in [-0.25, -0.2) is 22.9 Å². The predicted molar refractivity (Wildman–Crippen MR) is 126 cm³/mol. The lowest BCUT2D eigenvalue weighted by Gasteiger charge is -2.14. The van der Waals surface area contributed by atoms with Crippen LogP contribution >= 0.6 is 0 Å². The molecule has 0 aliphatic carbocycles. The van der Waals surface area contributed by atoms with Crippen molar-refractivity contribution in [2.75, 3.05) is 11.9 Å². The van der Waals surface area contributed by atoms with Gasteiger partial charge < -0.3 is 15.4 Å². The predicted octanol–water partition coefficient (Wildman–Crippen LogP) is 3.10. The van der Waals surface area contributed by atoms with Gasteiger partial charge in [-0.1, -0.05) is 12.1 Å². The number of rotatable bonds is 6. The van der Waals surface area contributed by atoms with Gasteiger partial charge in [-0.05, 0) is 64.1 Å². The number of allylic oxidation sites excluding steroid dienone is 1. The number of amidine groups is 1. The first-order chi connectivity index (χ1) is 15.6. The Labute approximate surface area is 193 Å². The molecule has 1 aliphatic heterocycles. The zero-order valence-corrected chi connectivity index (χ0v) is 19.6. The van der Waals surface area contributed by atoms with Crippen molar-refractivity contribution in [1.82, 2.24) is 10.0 Å². The molecule has 0 radical (unpaired) electrons. The number of sulfonamides is 1. The fourth-order valence-electron chi connectivity index (χ4n) is 3.18. The average Bonchev–Trinajstić information content (AvgIpc) is 2.88. The topological polar surface area (TPSA) is 126 Å². The number of carbonyl (C=O) groups is 2. The summed E-state index contributed by atoms with van der Waals surface area (Å²) in [4.78, 5) is 30.1. The molecule has 2 aromatic carbocycles. The maximum absolute atomic E-state index is 13.0. The number of carbonyl (C=O) groups excluding carboxylic acids is 2. The minimum absolute atomic E-state index is 0.0339. The molecule has 0 unspecified atom stereocenters. The number of hydrogen-bond donors (Lipinski definition) is 3. The lowest BCUT2D eigenvalue weighted by molar-refractivity contribution is -0.137. The number of amides is 1. The lowest BCUT2D eigenvalue weighted by Crippen LogP contribution is -2.35. The van der Waals surface area contributed by atoms with Gasteiger partial charge in [0, 0.05) is 17.3 Å². The van der Waals surface area contributed by atoms with Crippen molar-refractivity contribution in [1.29, 1.82) is 0 Å². The van der Waals surface area contributed by atoms with Gasteiger partial charge in [0.05, 0.1) is 22.9 Å². The molecule has 33 heavy (non-hydrogen) atoms. The number of ether oxygens (including phenoxy) is 1. The molecule has 0 saturated heterocycles. The van der Waals surface area contributed by atoms with Crippen LogP contribution in [0.1, 0.15) is 38.1 Å². The van der Waals surface area contributed by atoms with Crippen molar-refractivity contribution >= 4 is 39.1 Å². The summed E-state index contributed by atoms with van der Waals surface area (Å²) >= 11 is 0. The molecule has 0 saturated carbocycles. The summed E-state index contributed by atoms with van der Waals surface area (Å²) in [7, 11) is -3.68. The Hall–Kier alpha value is -3.50. The number of nitrogens with one attached hydrogen (secondary N) is 3. The van der Waals surface area contributed by atoms with E-state index in [2.05, 4.69) is 20.3 Å². The van der Waals surface area contributed by atoms with Crippen molar-refractivity contribution in [3.8, 4) is 0 Å². The molecule has 1 amide bonds. The second kappa shape index (κ2) is 9.97. The zero-order chi connectivity index (χ0) is 24.2. The standard InChI is InChI=1S/C23H26N4O5S/c1-5-32-23(29)20-15(4)24-18-8-6-7-9-19(18)25-21(20)26-22(28)16-10-12-17(13-11-16)33(30,31)27-14(2)3/h6-14,24,27H,5H2,1-4H3,(H,25,26,28). The van der Waals surface area contributed by atoms with Crippen LogP contribution in [0.5, 0.6) is 0 Å². The van der Waals surface area contributed by atoms with Crippen molar-refractivity contribution in [3.63, 3.8) is 0 Å². The van der Waals surface area contributed by atoms with E-state index in [9.17, 15) is 18.0 Å². The number of nitrogens with zero attached hydrogens (tertiary/aromatic N) is 1. The monoisotopic (exact) mass is 470 g/mol. The molecule has 2 aromatic rings. The van der Waals surface area contributed by atoms with Crippen LogP contribution in [-0.2, 0) is 19.6 Å². The number of para-hydroxylation sites is 2. The molecular formula is C23H26N4O5S. The quantitative estimate of drug-likeness (QED) is 0.557. The van der Waals surface area contributed by atoms with E-state index in [1.54, 1.807) is 45.9 Å². The summed E-state index contributed by atoms with van der Waals surface area (Å²) in [5.74, 6) is -1.15. The Morgan fingerprint density at radius 2 is 1.76 bits per heavy atom. The van der Waals surface area contributed by atoms with Crippen molar-refractivity contribution in [2.45, 2.75) is 38.6 Å².